The van der Waals surface area contributed by atoms with Crippen molar-refractivity contribution in [2.75, 3.05) is 9.96 Å². The van der Waals surface area contributed by atoms with Crippen LogP contribution in [0.25, 0.3) is 0 Å². The Morgan fingerprint density at radius 2 is 1.47 bits per heavy atom. The summed E-state index contributed by atoms with van der Waals surface area (Å²) in [6.45, 7) is 0. The number of rotatable bonds is 3. The Kier molecular flexibility index (Phi) is 4.85. The molecule has 5 rings (SSSR count). The third kappa shape index (κ3) is 3.03. The van der Waals surface area contributed by atoms with E-state index in [0.29, 0.717) is 10.7 Å². The van der Waals surface area contributed by atoms with Crippen LogP contribution in [-0.4, -0.2) is 17.9 Å². The highest BCUT2D eigenvalue weighted by Gasteiger charge is 2.60. The number of fused-ring (bicyclic) bond motifs is 1. The Morgan fingerprint density at radius 3 is 2.17 bits per heavy atom. The molecule has 3 atom stereocenters. The van der Waals surface area contributed by atoms with Crippen molar-refractivity contribution in [2.45, 2.75) is 12.1 Å². The molecule has 2 aliphatic heterocycles. The van der Waals surface area contributed by atoms with Crippen LogP contribution in [0.3, 0.4) is 0 Å². The number of benzene rings is 3. The standard InChI is InChI=1S/C23H16BrClN2O3/c24-14-10-12-15(13-11-14)26-22(28)19-20(17-8-4-5-9-18(17)25)27(30-21(19)23(26)29)16-6-2-1-3-7-16/h1-13,19-21H/t19-,20-,21-/m0/s1. The van der Waals surface area contributed by atoms with E-state index < -0.39 is 18.1 Å². The highest BCUT2D eigenvalue weighted by atomic mass is 79.9. The predicted molar refractivity (Wildman–Crippen MR) is 118 cm³/mol. The molecule has 0 N–H and O–H groups in total. The maximum Gasteiger partial charge on any atom is 0.266 e. The van der Waals surface area contributed by atoms with Gasteiger partial charge in [0.15, 0.2) is 6.10 Å². The normalized spacial score (nSPS) is 23.2. The summed E-state index contributed by atoms with van der Waals surface area (Å²) < 4.78 is 0.867. The summed E-state index contributed by atoms with van der Waals surface area (Å²) in [4.78, 5) is 34.0. The molecule has 3 aromatic carbocycles. The molecule has 2 fully saturated rings. The van der Waals surface area contributed by atoms with Gasteiger partial charge in [0.1, 0.15) is 5.92 Å². The lowest BCUT2D eigenvalue weighted by molar-refractivity contribution is -0.126. The number of hydrogen-bond donors (Lipinski definition) is 0. The molecule has 0 aliphatic carbocycles. The van der Waals surface area contributed by atoms with Gasteiger partial charge >= 0.3 is 0 Å². The van der Waals surface area contributed by atoms with Crippen LogP contribution in [0.5, 0.6) is 0 Å². The Morgan fingerprint density at radius 1 is 0.800 bits per heavy atom. The molecule has 0 radical (unpaired) electrons. The average molecular weight is 484 g/mol. The number of hydroxylamine groups is 1. The summed E-state index contributed by atoms with van der Waals surface area (Å²) in [7, 11) is 0. The maximum atomic E-state index is 13.5. The predicted octanol–water partition coefficient (Wildman–Crippen LogP) is 5.15. The summed E-state index contributed by atoms with van der Waals surface area (Å²) in [6.07, 6.45) is -0.914. The van der Waals surface area contributed by atoms with Gasteiger partial charge in [-0.1, -0.05) is 63.9 Å². The van der Waals surface area contributed by atoms with Crippen LogP contribution < -0.4 is 9.96 Å². The number of halogens is 2. The van der Waals surface area contributed by atoms with Gasteiger partial charge in [-0.3, -0.25) is 14.4 Å². The minimum Gasteiger partial charge on any atom is -0.273 e. The van der Waals surface area contributed by atoms with Crippen molar-refractivity contribution in [3.05, 3.63) is 93.9 Å². The van der Waals surface area contributed by atoms with Crippen LogP contribution in [0.4, 0.5) is 11.4 Å². The lowest BCUT2D eigenvalue weighted by atomic mass is 9.90. The van der Waals surface area contributed by atoms with Gasteiger partial charge in [0, 0.05) is 9.50 Å². The maximum absolute atomic E-state index is 13.5. The summed E-state index contributed by atoms with van der Waals surface area (Å²) in [6, 6.07) is 23.3. The molecule has 0 bridgehead atoms. The number of carbonyl (C=O) groups is 2. The summed E-state index contributed by atoms with van der Waals surface area (Å²) in [5.41, 5.74) is 2.03. The zero-order valence-electron chi connectivity index (χ0n) is 15.6. The number of para-hydroxylation sites is 1. The van der Waals surface area contributed by atoms with Gasteiger partial charge in [-0.25, -0.2) is 9.96 Å². The quantitative estimate of drug-likeness (QED) is 0.483. The number of imide groups is 1. The van der Waals surface area contributed by atoms with E-state index in [-0.39, 0.29) is 11.8 Å². The second-order valence-corrected chi connectivity index (χ2v) is 8.49. The summed E-state index contributed by atoms with van der Waals surface area (Å²) >= 11 is 9.89. The lowest BCUT2D eigenvalue weighted by Gasteiger charge is -2.29. The molecule has 2 saturated heterocycles. The average Bonchev–Trinajstić information content (AvgIpc) is 3.26. The number of amides is 2. The summed E-state index contributed by atoms with van der Waals surface area (Å²) in [5.74, 6) is -1.38. The molecule has 5 nitrogen and oxygen atoms in total. The van der Waals surface area contributed by atoms with Crippen molar-refractivity contribution < 1.29 is 14.4 Å². The van der Waals surface area contributed by atoms with E-state index in [9.17, 15) is 9.59 Å². The molecular formula is C23H16BrClN2O3. The SMILES string of the molecule is O=C1[C@@H]2[C@H](ON(c3ccccc3)[C@H]2c2ccccc2Cl)C(=O)N1c1ccc(Br)cc1. The zero-order chi connectivity index (χ0) is 20.8. The minimum atomic E-state index is -0.914. The van der Waals surface area contributed by atoms with E-state index >= 15 is 0 Å². The van der Waals surface area contributed by atoms with Crippen molar-refractivity contribution in [3.63, 3.8) is 0 Å². The molecule has 2 aliphatic rings. The van der Waals surface area contributed by atoms with Crippen LogP contribution >= 0.6 is 27.5 Å². The first-order valence-corrected chi connectivity index (χ1v) is 10.6. The molecular weight excluding hydrogens is 468 g/mol. The lowest BCUT2D eigenvalue weighted by Crippen LogP contribution is -2.37. The Balaban J connectivity index is 1.60. The Labute approximate surface area is 186 Å². The molecule has 2 heterocycles. The fourth-order valence-electron chi connectivity index (χ4n) is 4.09. The van der Waals surface area contributed by atoms with E-state index in [2.05, 4.69) is 15.9 Å². The zero-order valence-corrected chi connectivity index (χ0v) is 18.0. The number of hydrogen-bond acceptors (Lipinski definition) is 4. The van der Waals surface area contributed by atoms with Gasteiger partial charge < -0.3 is 0 Å². The molecule has 0 spiro atoms. The van der Waals surface area contributed by atoms with Crippen LogP contribution in [0.1, 0.15) is 11.6 Å². The molecule has 0 aromatic heterocycles. The molecule has 30 heavy (non-hydrogen) atoms. The second-order valence-electron chi connectivity index (χ2n) is 7.17. The monoisotopic (exact) mass is 482 g/mol. The number of anilines is 2. The first-order chi connectivity index (χ1) is 14.6. The van der Waals surface area contributed by atoms with Gasteiger partial charge in [-0.05, 0) is 48.0 Å². The van der Waals surface area contributed by atoms with Crippen molar-refractivity contribution in [3.8, 4) is 0 Å². The third-order valence-corrected chi connectivity index (χ3v) is 6.31. The van der Waals surface area contributed by atoms with Crippen LogP contribution in [-0.2, 0) is 14.4 Å². The molecule has 150 valence electrons. The van der Waals surface area contributed by atoms with Gasteiger partial charge in [0.25, 0.3) is 5.91 Å². The highest BCUT2D eigenvalue weighted by molar-refractivity contribution is 9.10. The van der Waals surface area contributed by atoms with Crippen molar-refractivity contribution in [1.82, 2.24) is 0 Å². The number of carbonyl (C=O) groups excluding carboxylic acids is 2. The first kappa shape index (κ1) is 19.3. The van der Waals surface area contributed by atoms with E-state index in [4.69, 9.17) is 16.4 Å². The van der Waals surface area contributed by atoms with E-state index in [1.54, 1.807) is 35.4 Å². The van der Waals surface area contributed by atoms with Gasteiger partial charge in [0.05, 0.1) is 17.4 Å². The largest absolute Gasteiger partial charge is 0.273 e. The van der Waals surface area contributed by atoms with Crippen LogP contribution in [0.2, 0.25) is 5.02 Å². The summed E-state index contributed by atoms with van der Waals surface area (Å²) in [5, 5.41) is 2.17. The minimum absolute atomic E-state index is 0.296. The topological polar surface area (TPSA) is 49.9 Å². The highest BCUT2D eigenvalue weighted by Crippen LogP contribution is 2.48. The number of nitrogens with zero attached hydrogens (tertiary/aromatic N) is 2. The molecule has 0 unspecified atom stereocenters. The van der Waals surface area contributed by atoms with E-state index in [0.717, 1.165) is 15.7 Å². The Hall–Kier alpha value is -2.67. The molecule has 7 heteroatoms. The van der Waals surface area contributed by atoms with Crippen LogP contribution in [0, 0.1) is 5.92 Å². The molecule has 2 amide bonds. The van der Waals surface area contributed by atoms with Gasteiger partial charge in [-0.2, -0.15) is 0 Å². The van der Waals surface area contributed by atoms with Crippen molar-refractivity contribution in [2.24, 2.45) is 5.92 Å². The van der Waals surface area contributed by atoms with Crippen LogP contribution in [0.15, 0.2) is 83.3 Å². The third-order valence-electron chi connectivity index (χ3n) is 5.43. The molecule has 0 saturated carbocycles. The van der Waals surface area contributed by atoms with E-state index in [1.165, 1.54) is 4.90 Å². The molecule has 3 aromatic rings. The van der Waals surface area contributed by atoms with Gasteiger partial charge in [0.2, 0.25) is 5.91 Å². The Bertz CT molecular complexity index is 1120. The fourth-order valence-corrected chi connectivity index (χ4v) is 4.60. The van der Waals surface area contributed by atoms with Crippen molar-refractivity contribution >= 4 is 50.7 Å². The second kappa shape index (κ2) is 7.54. The van der Waals surface area contributed by atoms with Crippen molar-refractivity contribution in [1.29, 1.82) is 0 Å². The van der Waals surface area contributed by atoms with E-state index in [1.807, 2.05) is 48.5 Å². The smallest absolute Gasteiger partial charge is 0.266 e. The fraction of sp³-hybridized carbons (Fsp3) is 0.130. The van der Waals surface area contributed by atoms with Gasteiger partial charge in [-0.15, -0.1) is 0 Å². The first-order valence-electron chi connectivity index (χ1n) is 9.45.